The summed E-state index contributed by atoms with van der Waals surface area (Å²) in [6, 6.07) is 0. The third-order valence-corrected chi connectivity index (χ3v) is 2.00. The second-order valence-corrected chi connectivity index (χ2v) is 2.82. The Morgan fingerprint density at radius 2 is 2.33 bits per heavy atom. The van der Waals surface area contributed by atoms with Crippen molar-refractivity contribution < 1.29 is 0 Å². The summed E-state index contributed by atoms with van der Waals surface area (Å²) in [5.41, 5.74) is 6.24. The van der Waals surface area contributed by atoms with Crippen LogP contribution in [0.25, 0.3) is 0 Å². The first kappa shape index (κ1) is 6.73. The SMILES string of the molecule is Cc1nc(N)ncc1I. The summed E-state index contributed by atoms with van der Waals surface area (Å²) in [7, 11) is 0. The number of rotatable bonds is 0. The summed E-state index contributed by atoms with van der Waals surface area (Å²) in [5.74, 6) is 0.341. The van der Waals surface area contributed by atoms with Crippen molar-refractivity contribution in [2.75, 3.05) is 5.73 Å². The van der Waals surface area contributed by atoms with Gasteiger partial charge >= 0.3 is 0 Å². The Labute approximate surface area is 66.8 Å². The summed E-state index contributed by atoms with van der Waals surface area (Å²) in [6.45, 7) is 1.90. The van der Waals surface area contributed by atoms with E-state index in [1.807, 2.05) is 6.92 Å². The number of hydrogen-bond acceptors (Lipinski definition) is 3. The van der Waals surface area contributed by atoms with E-state index in [-0.39, 0.29) is 0 Å². The fraction of sp³-hybridized carbons (Fsp3) is 0.200. The molecule has 0 amide bonds. The van der Waals surface area contributed by atoms with Crippen LogP contribution in [0.2, 0.25) is 0 Å². The fourth-order valence-electron chi connectivity index (χ4n) is 0.470. The monoisotopic (exact) mass is 235 g/mol. The van der Waals surface area contributed by atoms with Crippen LogP contribution in [0.1, 0.15) is 5.69 Å². The van der Waals surface area contributed by atoms with Gasteiger partial charge in [-0.15, -0.1) is 0 Å². The van der Waals surface area contributed by atoms with Gasteiger partial charge in [-0.2, -0.15) is 0 Å². The van der Waals surface area contributed by atoms with E-state index in [2.05, 4.69) is 32.6 Å². The first-order valence-corrected chi connectivity index (χ1v) is 3.52. The molecule has 0 atom stereocenters. The maximum Gasteiger partial charge on any atom is 0.220 e. The molecule has 4 heteroatoms. The standard InChI is InChI=1S/C5H6IN3/c1-3-4(6)2-8-5(7)9-3/h2H,1H3,(H2,7,8,9). The summed E-state index contributed by atoms with van der Waals surface area (Å²) < 4.78 is 1.04. The lowest BCUT2D eigenvalue weighted by Gasteiger charge is -1.94. The van der Waals surface area contributed by atoms with Crippen molar-refractivity contribution in [1.82, 2.24) is 9.97 Å². The molecule has 0 saturated heterocycles. The zero-order chi connectivity index (χ0) is 6.85. The Hall–Kier alpha value is -0.390. The lowest BCUT2D eigenvalue weighted by Crippen LogP contribution is -1.97. The predicted molar refractivity (Wildman–Crippen MR) is 43.9 cm³/mol. The van der Waals surface area contributed by atoms with Crippen molar-refractivity contribution in [3.05, 3.63) is 15.5 Å². The van der Waals surface area contributed by atoms with Crippen LogP contribution in [0.3, 0.4) is 0 Å². The lowest BCUT2D eigenvalue weighted by atomic mass is 10.5. The molecular formula is C5H6IN3. The van der Waals surface area contributed by atoms with E-state index in [0.717, 1.165) is 9.26 Å². The van der Waals surface area contributed by atoms with E-state index < -0.39 is 0 Å². The maximum absolute atomic E-state index is 5.30. The Balaban J connectivity index is 3.17. The number of hydrogen-bond donors (Lipinski definition) is 1. The number of nitrogens with zero attached hydrogens (tertiary/aromatic N) is 2. The Morgan fingerprint density at radius 3 is 2.78 bits per heavy atom. The van der Waals surface area contributed by atoms with Gasteiger partial charge in [0.25, 0.3) is 0 Å². The molecule has 0 aromatic carbocycles. The van der Waals surface area contributed by atoms with E-state index in [9.17, 15) is 0 Å². The molecule has 0 unspecified atom stereocenters. The molecule has 0 aliphatic heterocycles. The second kappa shape index (κ2) is 2.47. The van der Waals surface area contributed by atoms with Crippen LogP contribution in [0.5, 0.6) is 0 Å². The normalized spacial score (nSPS) is 9.56. The van der Waals surface area contributed by atoms with Gasteiger partial charge in [0, 0.05) is 6.20 Å². The van der Waals surface area contributed by atoms with Gasteiger partial charge in [-0.1, -0.05) is 0 Å². The van der Waals surface area contributed by atoms with Crippen LogP contribution in [0.4, 0.5) is 5.95 Å². The third kappa shape index (κ3) is 1.51. The van der Waals surface area contributed by atoms with Gasteiger partial charge in [-0.05, 0) is 29.5 Å². The first-order chi connectivity index (χ1) is 4.20. The highest BCUT2D eigenvalue weighted by Crippen LogP contribution is 2.06. The average molecular weight is 235 g/mol. The number of nitrogens with two attached hydrogens (primary N) is 1. The van der Waals surface area contributed by atoms with Crippen molar-refractivity contribution in [3.63, 3.8) is 0 Å². The van der Waals surface area contributed by atoms with Gasteiger partial charge in [0.05, 0.1) is 9.26 Å². The van der Waals surface area contributed by atoms with Gasteiger partial charge in [0.15, 0.2) is 0 Å². The lowest BCUT2D eigenvalue weighted by molar-refractivity contribution is 1.10. The maximum atomic E-state index is 5.30. The Kier molecular flexibility index (Phi) is 1.84. The summed E-state index contributed by atoms with van der Waals surface area (Å²) in [6.07, 6.45) is 1.71. The Bertz CT molecular complexity index is 223. The molecule has 0 bridgehead atoms. The molecule has 1 aromatic heterocycles. The molecule has 0 saturated carbocycles. The highest BCUT2D eigenvalue weighted by molar-refractivity contribution is 14.1. The van der Waals surface area contributed by atoms with Gasteiger partial charge in [0.2, 0.25) is 5.95 Å². The van der Waals surface area contributed by atoms with Gasteiger partial charge in [-0.25, -0.2) is 9.97 Å². The van der Waals surface area contributed by atoms with Gasteiger partial charge < -0.3 is 5.73 Å². The number of anilines is 1. The van der Waals surface area contributed by atoms with Crippen LogP contribution in [-0.4, -0.2) is 9.97 Å². The smallest absolute Gasteiger partial charge is 0.220 e. The molecule has 3 nitrogen and oxygen atoms in total. The van der Waals surface area contributed by atoms with Crippen LogP contribution in [0, 0.1) is 10.5 Å². The second-order valence-electron chi connectivity index (χ2n) is 1.66. The first-order valence-electron chi connectivity index (χ1n) is 2.45. The summed E-state index contributed by atoms with van der Waals surface area (Å²) >= 11 is 2.16. The molecule has 0 fully saturated rings. The molecule has 1 heterocycles. The molecule has 48 valence electrons. The van der Waals surface area contributed by atoms with Crippen LogP contribution in [0.15, 0.2) is 6.20 Å². The van der Waals surface area contributed by atoms with Crippen molar-refractivity contribution in [3.8, 4) is 0 Å². The molecule has 1 rings (SSSR count). The van der Waals surface area contributed by atoms with Crippen molar-refractivity contribution >= 4 is 28.5 Å². The minimum Gasteiger partial charge on any atom is -0.368 e. The van der Waals surface area contributed by atoms with Crippen molar-refractivity contribution in [2.24, 2.45) is 0 Å². The highest BCUT2D eigenvalue weighted by Gasteiger charge is 1.94. The predicted octanol–water partition coefficient (Wildman–Crippen LogP) is 0.972. The molecular weight excluding hydrogens is 229 g/mol. The molecule has 0 aliphatic carbocycles. The molecule has 9 heavy (non-hydrogen) atoms. The van der Waals surface area contributed by atoms with Gasteiger partial charge in [-0.3, -0.25) is 0 Å². The van der Waals surface area contributed by atoms with Crippen molar-refractivity contribution in [1.29, 1.82) is 0 Å². The van der Waals surface area contributed by atoms with E-state index in [4.69, 9.17) is 5.73 Å². The molecule has 0 spiro atoms. The molecule has 2 N–H and O–H groups in total. The van der Waals surface area contributed by atoms with Crippen LogP contribution < -0.4 is 5.73 Å². The number of aryl methyl sites for hydroxylation is 1. The number of nitrogen functional groups attached to an aromatic ring is 1. The van der Waals surface area contributed by atoms with Crippen molar-refractivity contribution in [2.45, 2.75) is 6.92 Å². The molecule has 0 radical (unpaired) electrons. The van der Waals surface area contributed by atoms with E-state index in [1.54, 1.807) is 6.20 Å². The minimum absolute atomic E-state index is 0.341. The zero-order valence-corrected chi connectivity index (χ0v) is 7.08. The molecule has 1 aromatic rings. The largest absolute Gasteiger partial charge is 0.368 e. The van der Waals surface area contributed by atoms with E-state index >= 15 is 0 Å². The topological polar surface area (TPSA) is 51.8 Å². The summed E-state index contributed by atoms with van der Waals surface area (Å²) in [5, 5.41) is 0. The number of aromatic nitrogens is 2. The fourth-order valence-corrected chi connectivity index (χ4v) is 0.730. The average Bonchev–Trinajstić information content (AvgIpc) is 1.80. The van der Waals surface area contributed by atoms with Crippen LogP contribution >= 0.6 is 22.6 Å². The molecule has 0 aliphatic rings. The Morgan fingerprint density at radius 1 is 1.67 bits per heavy atom. The quantitative estimate of drug-likeness (QED) is 0.681. The van der Waals surface area contributed by atoms with E-state index in [1.165, 1.54) is 0 Å². The minimum atomic E-state index is 0.341. The van der Waals surface area contributed by atoms with Gasteiger partial charge in [0.1, 0.15) is 0 Å². The number of halogens is 1. The highest BCUT2D eigenvalue weighted by atomic mass is 127. The van der Waals surface area contributed by atoms with E-state index in [0.29, 0.717) is 5.95 Å². The summed E-state index contributed by atoms with van der Waals surface area (Å²) in [4.78, 5) is 7.73. The third-order valence-electron chi connectivity index (χ3n) is 0.938. The zero-order valence-electron chi connectivity index (χ0n) is 4.93. The van der Waals surface area contributed by atoms with Crippen LogP contribution in [-0.2, 0) is 0 Å².